The SMILES string of the molecule is Cc1cc(C)nc(OCc2cn(-c3ccc(Cl)c(C(C)(F)F)c3)nn2)n1. The van der Waals surface area contributed by atoms with Crippen LogP contribution in [-0.4, -0.2) is 25.0 Å². The molecule has 0 bridgehead atoms. The quantitative estimate of drug-likeness (QED) is 0.670. The first-order valence-electron chi connectivity index (χ1n) is 7.77. The third-order valence-corrected chi connectivity index (χ3v) is 3.87. The van der Waals surface area contributed by atoms with Crippen molar-refractivity contribution in [1.82, 2.24) is 25.0 Å². The molecule has 3 rings (SSSR count). The van der Waals surface area contributed by atoms with E-state index in [2.05, 4.69) is 20.3 Å². The molecule has 6 nitrogen and oxygen atoms in total. The minimum absolute atomic E-state index is 0.00288. The first kappa shape index (κ1) is 18.2. The van der Waals surface area contributed by atoms with Crippen molar-refractivity contribution >= 4 is 11.6 Å². The Balaban J connectivity index is 1.78. The van der Waals surface area contributed by atoms with Gasteiger partial charge < -0.3 is 4.74 Å². The van der Waals surface area contributed by atoms with Gasteiger partial charge in [-0.3, -0.25) is 0 Å². The van der Waals surface area contributed by atoms with Crippen LogP contribution < -0.4 is 4.74 Å². The van der Waals surface area contributed by atoms with Crippen LogP contribution in [0.3, 0.4) is 0 Å². The fourth-order valence-electron chi connectivity index (χ4n) is 2.38. The van der Waals surface area contributed by atoms with Gasteiger partial charge in [-0.1, -0.05) is 16.8 Å². The largest absolute Gasteiger partial charge is 0.457 e. The van der Waals surface area contributed by atoms with Crippen LogP contribution in [0.5, 0.6) is 6.01 Å². The predicted octanol–water partition coefficient (Wildman–Crippen LogP) is 4.02. The average molecular weight is 380 g/mol. The van der Waals surface area contributed by atoms with Gasteiger partial charge in [0.2, 0.25) is 0 Å². The van der Waals surface area contributed by atoms with Crippen molar-refractivity contribution in [2.24, 2.45) is 0 Å². The number of halogens is 3. The van der Waals surface area contributed by atoms with Gasteiger partial charge in [-0.15, -0.1) is 5.10 Å². The summed E-state index contributed by atoms with van der Waals surface area (Å²) in [5.74, 6) is -3.06. The number of aromatic nitrogens is 5. The van der Waals surface area contributed by atoms with E-state index in [0.29, 0.717) is 11.4 Å². The second kappa shape index (κ2) is 6.95. The van der Waals surface area contributed by atoms with Gasteiger partial charge >= 0.3 is 6.01 Å². The minimum Gasteiger partial charge on any atom is -0.457 e. The monoisotopic (exact) mass is 379 g/mol. The predicted molar refractivity (Wildman–Crippen MR) is 91.8 cm³/mol. The van der Waals surface area contributed by atoms with Crippen molar-refractivity contribution in [2.45, 2.75) is 33.3 Å². The Morgan fingerprint density at radius 2 is 1.85 bits per heavy atom. The summed E-state index contributed by atoms with van der Waals surface area (Å²) >= 11 is 5.86. The minimum atomic E-state index is -3.06. The topological polar surface area (TPSA) is 65.7 Å². The highest BCUT2D eigenvalue weighted by Gasteiger charge is 2.27. The Morgan fingerprint density at radius 3 is 2.50 bits per heavy atom. The second-order valence-electron chi connectivity index (χ2n) is 5.93. The van der Waals surface area contributed by atoms with Crippen molar-refractivity contribution in [2.75, 3.05) is 0 Å². The van der Waals surface area contributed by atoms with E-state index in [9.17, 15) is 8.78 Å². The summed E-state index contributed by atoms with van der Waals surface area (Å²) in [7, 11) is 0. The summed E-state index contributed by atoms with van der Waals surface area (Å²) in [5.41, 5.74) is 2.25. The zero-order valence-electron chi connectivity index (χ0n) is 14.4. The molecule has 0 saturated heterocycles. The molecule has 0 N–H and O–H groups in total. The molecule has 0 fully saturated rings. The maximum Gasteiger partial charge on any atom is 0.317 e. The molecule has 1 aromatic carbocycles. The molecule has 26 heavy (non-hydrogen) atoms. The van der Waals surface area contributed by atoms with E-state index >= 15 is 0 Å². The number of hydrogen-bond acceptors (Lipinski definition) is 5. The molecular formula is C17H16ClF2N5O. The molecule has 3 aromatic rings. The molecule has 0 radical (unpaired) electrons. The zero-order chi connectivity index (χ0) is 18.9. The van der Waals surface area contributed by atoms with Gasteiger partial charge in [0, 0.05) is 28.9 Å². The molecule has 0 aliphatic carbocycles. The molecule has 2 heterocycles. The van der Waals surface area contributed by atoms with Crippen LogP contribution in [0.1, 0.15) is 29.6 Å². The Morgan fingerprint density at radius 1 is 1.15 bits per heavy atom. The zero-order valence-corrected chi connectivity index (χ0v) is 15.1. The van der Waals surface area contributed by atoms with E-state index < -0.39 is 5.92 Å². The molecule has 0 amide bonds. The van der Waals surface area contributed by atoms with E-state index in [1.54, 1.807) is 12.3 Å². The standard InChI is InChI=1S/C17H16ClF2N5O/c1-10-6-11(2)22-16(21-10)26-9-12-8-25(24-23-12)13-4-5-15(18)14(7-13)17(3,19)20/h4-8H,9H2,1-3H3. The molecular weight excluding hydrogens is 364 g/mol. The molecule has 0 spiro atoms. The fraction of sp³-hybridized carbons (Fsp3) is 0.294. The molecule has 0 aliphatic rings. The highest BCUT2D eigenvalue weighted by molar-refractivity contribution is 6.31. The van der Waals surface area contributed by atoms with Crippen LogP contribution in [-0.2, 0) is 12.5 Å². The number of hydrogen-bond donors (Lipinski definition) is 0. The third-order valence-electron chi connectivity index (χ3n) is 3.54. The maximum absolute atomic E-state index is 13.6. The summed E-state index contributed by atoms with van der Waals surface area (Å²) in [4.78, 5) is 8.35. The van der Waals surface area contributed by atoms with Gasteiger partial charge in [-0.05, 0) is 38.1 Å². The third kappa shape index (κ3) is 4.13. The summed E-state index contributed by atoms with van der Waals surface area (Å²) in [6.45, 7) is 4.59. The number of aryl methyl sites for hydroxylation is 2. The summed E-state index contributed by atoms with van der Waals surface area (Å²) < 4.78 is 34.2. The van der Waals surface area contributed by atoms with Gasteiger partial charge in [0.05, 0.1) is 11.9 Å². The lowest BCUT2D eigenvalue weighted by Gasteiger charge is -2.13. The van der Waals surface area contributed by atoms with Crippen LogP contribution in [0.15, 0.2) is 30.5 Å². The van der Waals surface area contributed by atoms with Crippen LogP contribution in [0.2, 0.25) is 5.02 Å². The summed E-state index contributed by atoms with van der Waals surface area (Å²) in [6.07, 6.45) is 1.59. The van der Waals surface area contributed by atoms with Crippen molar-refractivity contribution in [1.29, 1.82) is 0 Å². The highest BCUT2D eigenvalue weighted by Crippen LogP contribution is 2.34. The van der Waals surface area contributed by atoms with Gasteiger partial charge in [0.1, 0.15) is 12.3 Å². The van der Waals surface area contributed by atoms with E-state index in [-0.39, 0.29) is 23.2 Å². The lowest BCUT2D eigenvalue weighted by molar-refractivity contribution is 0.0176. The first-order chi connectivity index (χ1) is 12.2. The lowest BCUT2D eigenvalue weighted by Crippen LogP contribution is -2.09. The molecule has 9 heteroatoms. The summed E-state index contributed by atoms with van der Waals surface area (Å²) in [5, 5.41) is 7.92. The number of benzene rings is 1. The van der Waals surface area contributed by atoms with Crippen LogP contribution in [0, 0.1) is 13.8 Å². The Hall–Kier alpha value is -2.61. The molecule has 2 aromatic heterocycles. The van der Waals surface area contributed by atoms with Crippen LogP contribution >= 0.6 is 11.6 Å². The van der Waals surface area contributed by atoms with Gasteiger partial charge in [0.15, 0.2) is 0 Å². The number of nitrogens with zero attached hydrogens (tertiary/aromatic N) is 5. The van der Waals surface area contributed by atoms with E-state index in [4.69, 9.17) is 16.3 Å². The molecule has 0 atom stereocenters. The highest BCUT2D eigenvalue weighted by atomic mass is 35.5. The van der Waals surface area contributed by atoms with E-state index in [1.165, 1.54) is 16.8 Å². The van der Waals surface area contributed by atoms with Crippen LogP contribution in [0.4, 0.5) is 8.78 Å². The molecule has 136 valence electrons. The number of alkyl halides is 2. The maximum atomic E-state index is 13.6. The average Bonchev–Trinajstić information content (AvgIpc) is 3.00. The second-order valence-corrected chi connectivity index (χ2v) is 6.34. The molecule has 0 saturated carbocycles. The first-order valence-corrected chi connectivity index (χ1v) is 8.15. The van der Waals surface area contributed by atoms with Gasteiger partial charge in [0.25, 0.3) is 5.92 Å². The summed E-state index contributed by atoms with van der Waals surface area (Å²) in [6, 6.07) is 6.37. The molecule has 0 aliphatic heterocycles. The van der Waals surface area contributed by atoms with Crippen molar-refractivity contribution in [3.8, 4) is 11.7 Å². The fourth-order valence-corrected chi connectivity index (χ4v) is 2.66. The lowest BCUT2D eigenvalue weighted by atomic mass is 10.1. The van der Waals surface area contributed by atoms with Gasteiger partial charge in [-0.25, -0.2) is 23.4 Å². The van der Waals surface area contributed by atoms with Gasteiger partial charge in [-0.2, -0.15) is 0 Å². The van der Waals surface area contributed by atoms with Crippen molar-refractivity contribution < 1.29 is 13.5 Å². The Bertz CT molecular complexity index is 919. The van der Waals surface area contributed by atoms with Crippen molar-refractivity contribution in [3.05, 3.63) is 58.1 Å². The number of rotatable bonds is 5. The molecule has 0 unspecified atom stereocenters. The normalized spacial score (nSPS) is 11.6. The Labute approximate surface area is 153 Å². The van der Waals surface area contributed by atoms with E-state index in [0.717, 1.165) is 18.3 Å². The number of ether oxygens (including phenoxy) is 1. The van der Waals surface area contributed by atoms with E-state index in [1.807, 2.05) is 19.9 Å². The smallest absolute Gasteiger partial charge is 0.317 e. The van der Waals surface area contributed by atoms with Crippen molar-refractivity contribution in [3.63, 3.8) is 0 Å². The Kier molecular flexibility index (Phi) is 4.86. The van der Waals surface area contributed by atoms with Crippen LogP contribution in [0.25, 0.3) is 5.69 Å².